The lowest BCUT2D eigenvalue weighted by molar-refractivity contribution is 0.471. The van der Waals surface area contributed by atoms with Crippen LogP contribution >= 0.6 is 0 Å². The molecule has 0 bridgehead atoms. The Bertz CT molecular complexity index is 998. The van der Waals surface area contributed by atoms with E-state index in [2.05, 4.69) is 20.2 Å². The maximum absolute atomic E-state index is 12.3. The maximum Gasteiger partial charge on any atom is 0.214 e. The van der Waals surface area contributed by atoms with E-state index in [1.807, 2.05) is 13.0 Å². The van der Waals surface area contributed by atoms with Crippen molar-refractivity contribution in [2.45, 2.75) is 25.7 Å². The van der Waals surface area contributed by atoms with E-state index in [1.165, 1.54) is 0 Å². The first kappa shape index (κ1) is 15.5. The molecule has 0 radical (unpaired) electrons. The van der Waals surface area contributed by atoms with Crippen molar-refractivity contribution in [3.05, 3.63) is 30.4 Å². The standard InChI is InChI=1S/C16H19N5O2S/c1-2-7-24(22,23)21-6-4-11(10-21)15-14-12(9-19-20-15)8-18-16-13(14)3-5-17-16/h3,5,8-9,11,20H,2,4,6-7,10H2,1H3. The first-order valence-corrected chi connectivity index (χ1v) is 9.75. The van der Waals surface area contributed by atoms with E-state index in [-0.39, 0.29) is 11.7 Å². The van der Waals surface area contributed by atoms with Gasteiger partial charge in [0.25, 0.3) is 0 Å². The van der Waals surface area contributed by atoms with Gasteiger partial charge in [-0.15, -0.1) is 0 Å². The molecule has 1 aliphatic rings. The van der Waals surface area contributed by atoms with Gasteiger partial charge in [0.1, 0.15) is 0 Å². The van der Waals surface area contributed by atoms with Crippen molar-refractivity contribution < 1.29 is 8.42 Å². The molecule has 4 heterocycles. The number of sulfonamides is 1. The molecule has 3 aromatic rings. The van der Waals surface area contributed by atoms with Gasteiger partial charge in [0, 0.05) is 53.3 Å². The van der Waals surface area contributed by atoms with Gasteiger partial charge in [-0.1, -0.05) is 6.92 Å². The summed E-state index contributed by atoms with van der Waals surface area (Å²) in [7, 11) is -3.16. The van der Waals surface area contributed by atoms with Gasteiger partial charge in [0.2, 0.25) is 10.0 Å². The van der Waals surface area contributed by atoms with Gasteiger partial charge in [-0.2, -0.15) is 5.10 Å². The Morgan fingerprint density at radius 1 is 1.33 bits per heavy atom. The second-order valence-corrected chi connectivity index (χ2v) is 8.30. The van der Waals surface area contributed by atoms with E-state index < -0.39 is 10.0 Å². The van der Waals surface area contributed by atoms with Crippen molar-refractivity contribution in [3.63, 3.8) is 0 Å². The van der Waals surface area contributed by atoms with Crippen molar-refractivity contribution >= 4 is 31.8 Å². The number of aromatic amines is 1. The van der Waals surface area contributed by atoms with Crippen LogP contribution in [0.5, 0.6) is 0 Å². The number of pyridine rings is 1. The summed E-state index contributed by atoms with van der Waals surface area (Å²) in [5.74, 6) is 0.311. The number of H-pyrrole nitrogens is 1. The molecule has 1 atom stereocenters. The van der Waals surface area contributed by atoms with Crippen molar-refractivity contribution in [2.24, 2.45) is 0 Å². The first-order valence-electron chi connectivity index (χ1n) is 8.14. The maximum atomic E-state index is 12.3. The summed E-state index contributed by atoms with van der Waals surface area (Å²) in [4.78, 5) is 8.61. The molecule has 126 valence electrons. The van der Waals surface area contributed by atoms with Gasteiger partial charge in [0.05, 0.1) is 11.9 Å². The fraction of sp³-hybridized carbons (Fsp3) is 0.438. The lowest BCUT2D eigenvalue weighted by Crippen LogP contribution is -2.30. The average Bonchev–Trinajstić information content (AvgIpc) is 3.23. The predicted molar refractivity (Wildman–Crippen MR) is 92.2 cm³/mol. The van der Waals surface area contributed by atoms with Crippen molar-refractivity contribution in [1.29, 1.82) is 0 Å². The number of rotatable bonds is 4. The van der Waals surface area contributed by atoms with Crippen LogP contribution in [0.15, 0.2) is 24.7 Å². The third kappa shape index (κ3) is 2.46. The third-order valence-electron chi connectivity index (χ3n) is 4.64. The van der Waals surface area contributed by atoms with Crippen LogP contribution in [0.3, 0.4) is 0 Å². The van der Waals surface area contributed by atoms with Crippen LogP contribution in [-0.2, 0) is 10.0 Å². The molecule has 8 heteroatoms. The fourth-order valence-corrected chi connectivity index (χ4v) is 5.06. The van der Waals surface area contributed by atoms with Gasteiger partial charge in [0.15, 0.2) is 5.65 Å². The van der Waals surface area contributed by atoms with Crippen LogP contribution < -0.4 is 0 Å². The smallest absolute Gasteiger partial charge is 0.214 e. The minimum Gasteiger partial charge on any atom is -0.282 e. The zero-order valence-electron chi connectivity index (χ0n) is 13.4. The molecular weight excluding hydrogens is 326 g/mol. The largest absolute Gasteiger partial charge is 0.282 e. The topological polar surface area (TPSA) is 91.8 Å². The second-order valence-electron chi connectivity index (χ2n) is 6.21. The zero-order valence-corrected chi connectivity index (χ0v) is 14.3. The molecule has 1 aliphatic heterocycles. The van der Waals surface area contributed by atoms with E-state index in [0.29, 0.717) is 25.2 Å². The normalized spacial score (nSPS) is 19.5. The predicted octanol–water partition coefficient (Wildman–Crippen LogP) is 2.04. The quantitative estimate of drug-likeness (QED) is 0.781. The van der Waals surface area contributed by atoms with Gasteiger partial charge >= 0.3 is 0 Å². The van der Waals surface area contributed by atoms with Gasteiger partial charge in [-0.25, -0.2) is 22.7 Å². The molecule has 1 fully saturated rings. The number of hydrogen-bond acceptors (Lipinski definition) is 5. The lowest BCUT2D eigenvalue weighted by atomic mass is 9.98. The SMILES string of the molecule is CCCS(=O)(=O)N1CCC(c2[nH]ncc3cnc4nccc4c23)C1. The summed E-state index contributed by atoms with van der Waals surface area (Å²) < 4.78 is 26.3. The average molecular weight is 345 g/mol. The molecule has 0 spiro atoms. The summed E-state index contributed by atoms with van der Waals surface area (Å²) in [6, 6.07) is 1.95. The molecule has 0 aromatic carbocycles. The highest BCUT2D eigenvalue weighted by atomic mass is 32.2. The molecule has 0 aliphatic carbocycles. The molecule has 1 N–H and O–H groups in total. The van der Waals surface area contributed by atoms with Gasteiger partial charge < -0.3 is 0 Å². The van der Waals surface area contributed by atoms with Crippen LogP contribution in [0.25, 0.3) is 21.8 Å². The van der Waals surface area contributed by atoms with E-state index in [0.717, 1.165) is 28.3 Å². The summed E-state index contributed by atoms with van der Waals surface area (Å²) in [5, 5.41) is 10.3. The number of fused-ring (bicyclic) bond motifs is 3. The highest BCUT2D eigenvalue weighted by molar-refractivity contribution is 7.89. The van der Waals surface area contributed by atoms with Crippen molar-refractivity contribution in [1.82, 2.24) is 24.5 Å². The molecule has 7 nitrogen and oxygen atoms in total. The number of nitrogens with one attached hydrogen (secondary N) is 1. The van der Waals surface area contributed by atoms with Crippen molar-refractivity contribution in [2.75, 3.05) is 18.8 Å². The minimum absolute atomic E-state index is 0.105. The van der Waals surface area contributed by atoms with Gasteiger partial charge in [-0.05, 0) is 18.9 Å². The Morgan fingerprint density at radius 3 is 3.04 bits per heavy atom. The Morgan fingerprint density at radius 2 is 2.21 bits per heavy atom. The Kier molecular flexibility index (Phi) is 3.73. The molecule has 1 saturated heterocycles. The first-order chi connectivity index (χ1) is 11.6. The number of nitrogens with zero attached hydrogens (tertiary/aromatic N) is 4. The summed E-state index contributed by atoms with van der Waals surface area (Å²) in [6.07, 6.45) is 6.69. The van der Waals surface area contributed by atoms with Crippen molar-refractivity contribution in [3.8, 4) is 0 Å². The van der Waals surface area contributed by atoms with Crippen LogP contribution in [-0.4, -0.2) is 51.7 Å². The van der Waals surface area contributed by atoms with Crippen LogP contribution in [0, 0.1) is 0 Å². The Hall–Kier alpha value is -2.06. The third-order valence-corrected chi connectivity index (χ3v) is 6.68. The highest BCUT2D eigenvalue weighted by Crippen LogP contribution is 2.34. The van der Waals surface area contributed by atoms with E-state index in [1.54, 1.807) is 22.9 Å². The zero-order chi connectivity index (χ0) is 16.7. The van der Waals surface area contributed by atoms with E-state index >= 15 is 0 Å². The molecule has 24 heavy (non-hydrogen) atoms. The number of aromatic nitrogens is 4. The number of hydrogen-bond donors (Lipinski definition) is 1. The molecule has 0 amide bonds. The lowest BCUT2D eigenvalue weighted by Gasteiger charge is -2.17. The summed E-state index contributed by atoms with van der Waals surface area (Å²) in [6.45, 7) is 2.95. The van der Waals surface area contributed by atoms with Crippen LogP contribution in [0.2, 0.25) is 0 Å². The van der Waals surface area contributed by atoms with E-state index in [4.69, 9.17) is 0 Å². The summed E-state index contributed by atoms with van der Waals surface area (Å²) in [5.41, 5.74) is 1.68. The molecule has 3 aromatic heterocycles. The Labute approximate surface area is 140 Å². The van der Waals surface area contributed by atoms with Crippen LogP contribution in [0.1, 0.15) is 31.4 Å². The van der Waals surface area contributed by atoms with Gasteiger partial charge in [-0.3, -0.25) is 5.10 Å². The highest BCUT2D eigenvalue weighted by Gasteiger charge is 2.33. The Balaban J connectivity index is 1.77. The van der Waals surface area contributed by atoms with Crippen LogP contribution in [0.4, 0.5) is 0 Å². The second kappa shape index (κ2) is 5.78. The van der Waals surface area contributed by atoms with E-state index in [9.17, 15) is 8.42 Å². The molecule has 1 unspecified atom stereocenters. The molecular formula is C16H19N5O2S. The minimum atomic E-state index is -3.16. The molecule has 4 rings (SSSR count). The monoisotopic (exact) mass is 345 g/mol. The fourth-order valence-electron chi connectivity index (χ4n) is 3.50. The summed E-state index contributed by atoms with van der Waals surface area (Å²) >= 11 is 0. The molecule has 0 saturated carbocycles.